The summed E-state index contributed by atoms with van der Waals surface area (Å²) in [6.07, 6.45) is 3.36. The third-order valence-electron chi connectivity index (χ3n) is 4.69. The molecule has 1 aromatic rings. The van der Waals surface area contributed by atoms with Crippen LogP contribution in [-0.4, -0.2) is 19.8 Å². The molecule has 2 fully saturated rings. The van der Waals surface area contributed by atoms with Gasteiger partial charge in [0.1, 0.15) is 0 Å². The molecule has 1 aromatic carbocycles. The first-order valence-corrected chi connectivity index (χ1v) is 8.49. The fourth-order valence-corrected chi connectivity index (χ4v) is 5.67. The lowest BCUT2D eigenvalue weighted by molar-refractivity contribution is 0.0184. The van der Waals surface area contributed by atoms with Gasteiger partial charge in [-0.25, -0.2) is 0 Å². The first-order chi connectivity index (χ1) is 8.99. The fourth-order valence-electron chi connectivity index (χ4n) is 3.50. The van der Waals surface area contributed by atoms with Crippen LogP contribution in [0, 0.1) is 0 Å². The zero-order valence-electron chi connectivity index (χ0n) is 11.6. The summed E-state index contributed by atoms with van der Waals surface area (Å²) in [5, 5.41) is 11.4. The molecule has 0 radical (unpaired) electrons. The van der Waals surface area contributed by atoms with Crippen LogP contribution in [0.5, 0.6) is 0 Å². The van der Waals surface area contributed by atoms with Gasteiger partial charge in [-0.2, -0.15) is 0 Å². The summed E-state index contributed by atoms with van der Waals surface area (Å²) in [4.78, 5) is 0. The van der Waals surface area contributed by atoms with Crippen molar-refractivity contribution in [3.05, 3.63) is 35.4 Å². The van der Waals surface area contributed by atoms with E-state index in [1.807, 2.05) is 12.1 Å². The van der Waals surface area contributed by atoms with Crippen molar-refractivity contribution < 1.29 is 9.32 Å². The maximum atomic E-state index is 12.1. The Morgan fingerprint density at radius 2 is 1.89 bits per heavy atom. The monoisotopic (exact) mass is 278 g/mol. The molecule has 2 aliphatic heterocycles. The van der Waals surface area contributed by atoms with Crippen molar-refractivity contribution in [1.82, 2.24) is 0 Å². The maximum Gasteiger partial charge on any atom is 0.0919 e. The van der Waals surface area contributed by atoms with Gasteiger partial charge >= 0.3 is 0 Å². The summed E-state index contributed by atoms with van der Waals surface area (Å²) in [5.74, 6) is 0.470. The molecule has 2 bridgehead atoms. The molecule has 2 heterocycles. The molecule has 2 unspecified atom stereocenters. The predicted molar refractivity (Wildman–Crippen MR) is 78.6 cm³/mol. The van der Waals surface area contributed by atoms with Crippen LogP contribution < -0.4 is 0 Å². The Morgan fingerprint density at radius 1 is 1.26 bits per heavy atom. The molecule has 0 spiro atoms. The van der Waals surface area contributed by atoms with Gasteiger partial charge in [-0.3, -0.25) is 4.21 Å². The van der Waals surface area contributed by atoms with Crippen LogP contribution in [0.3, 0.4) is 0 Å². The van der Waals surface area contributed by atoms with Gasteiger partial charge in [-0.15, -0.1) is 0 Å². The quantitative estimate of drug-likeness (QED) is 0.902. The molecule has 3 rings (SSSR count). The smallest absolute Gasteiger partial charge is 0.0919 e. The zero-order chi connectivity index (χ0) is 13.6. The van der Waals surface area contributed by atoms with Gasteiger partial charge in [0.15, 0.2) is 0 Å². The average molecular weight is 278 g/mol. The number of hydrogen-bond acceptors (Lipinski definition) is 2. The van der Waals surface area contributed by atoms with E-state index in [1.54, 1.807) is 0 Å². The van der Waals surface area contributed by atoms with Crippen molar-refractivity contribution in [1.29, 1.82) is 0 Å². The predicted octanol–water partition coefficient (Wildman–Crippen LogP) is 3.07. The van der Waals surface area contributed by atoms with Crippen LogP contribution >= 0.6 is 0 Å². The Balaban J connectivity index is 1.93. The van der Waals surface area contributed by atoms with E-state index < -0.39 is 16.4 Å². The second kappa shape index (κ2) is 4.71. The van der Waals surface area contributed by atoms with Crippen LogP contribution in [0.4, 0.5) is 0 Å². The highest BCUT2D eigenvalue weighted by Crippen LogP contribution is 2.46. The summed E-state index contributed by atoms with van der Waals surface area (Å²) >= 11 is 0. The Morgan fingerprint density at radius 3 is 2.47 bits per heavy atom. The summed E-state index contributed by atoms with van der Waals surface area (Å²) < 4.78 is 12.1. The SMILES string of the molecule is CC(C)c1cccc(C2(O)CC3CCC(C2)S3=O)c1. The molecular formula is C16H22O2S. The summed E-state index contributed by atoms with van der Waals surface area (Å²) in [6.45, 7) is 4.34. The molecule has 0 amide bonds. The van der Waals surface area contributed by atoms with Crippen LogP contribution in [0.1, 0.15) is 56.6 Å². The van der Waals surface area contributed by atoms with E-state index in [-0.39, 0.29) is 10.5 Å². The molecular weight excluding hydrogens is 256 g/mol. The van der Waals surface area contributed by atoms with Crippen molar-refractivity contribution in [2.24, 2.45) is 0 Å². The minimum Gasteiger partial charge on any atom is -0.385 e. The number of rotatable bonds is 2. The van der Waals surface area contributed by atoms with E-state index in [0.29, 0.717) is 18.8 Å². The lowest BCUT2D eigenvalue weighted by atomic mass is 9.84. The molecule has 19 heavy (non-hydrogen) atoms. The van der Waals surface area contributed by atoms with Gasteiger partial charge in [-0.1, -0.05) is 38.1 Å². The Kier molecular flexibility index (Phi) is 3.30. The number of fused-ring (bicyclic) bond motifs is 2. The standard InChI is InChI=1S/C16H22O2S/c1-11(2)12-4-3-5-13(8-12)16(17)9-14-6-7-15(10-16)19(14)18/h3-5,8,11,14-15,17H,6-7,9-10H2,1-2H3. The Hall–Kier alpha value is -0.670. The van der Waals surface area contributed by atoms with E-state index in [0.717, 1.165) is 18.4 Å². The van der Waals surface area contributed by atoms with Gasteiger partial charge in [-0.05, 0) is 42.7 Å². The lowest BCUT2D eigenvalue weighted by Gasteiger charge is -2.36. The summed E-state index contributed by atoms with van der Waals surface area (Å²) in [5.41, 5.74) is 1.53. The first kappa shape index (κ1) is 13.3. The second-order valence-corrected chi connectivity index (χ2v) is 8.36. The van der Waals surface area contributed by atoms with Crippen molar-refractivity contribution in [3.8, 4) is 0 Å². The highest BCUT2D eigenvalue weighted by molar-refractivity contribution is 7.86. The lowest BCUT2D eigenvalue weighted by Crippen LogP contribution is -2.40. The van der Waals surface area contributed by atoms with Gasteiger partial charge in [0.05, 0.1) is 5.60 Å². The largest absolute Gasteiger partial charge is 0.385 e. The minimum atomic E-state index is -0.759. The maximum absolute atomic E-state index is 12.1. The van der Waals surface area contributed by atoms with Crippen molar-refractivity contribution >= 4 is 10.8 Å². The number of aliphatic hydroxyl groups is 1. The second-order valence-electron chi connectivity index (χ2n) is 6.37. The highest BCUT2D eigenvalue weighted by Gasteiger charge is 2.48. The third kappa shape index (κ3) is 2.27. The van der Waals surface area contributed by atoms with Crippen LogP contribution in [0.25, 0.3) is 0 Å². The molecule has 1 N–H and O–H groups in total. The molecule has 2 saturated heterocycles. The number of benzene rings is 1. The van der Waals surface area contributed by atoms with E-state index in [4.69, 9.17) is 0 Å². The molecule has 2 atom stereocenters. The third-order valence-corrected chi connectivity index (χ3v) is 6.81. The van der Waals surface area contributed by atoms with Gasteiger partial charge < -0.3 is 5.11 Å². The Labute approximate surface area is 117 Å². The van der Waals surface area contributed by atoms with E-state index in [9.17, 15) is 9.32 Å². The molecule has 2 aliphatic rings. The summed E-state index contributed by atoms with van der Waals surface area (Å²) in [7, 11) is -0.713. The number of hydrogen-bond donors (Lipinski definition) is 1. The van der Waals surface area contributed by atoms with Crippen molar-refractivity contribution in [2.75, 3.05) is 0 Å². The minimum absolute atomic E-state index is 0.200. The van der Waals surface area contributed by atoms with Crippen molar-refractivity contribution in [3.63, 3.8) is 0 Å². The zero-order valence-corrected chi connectivity index (χ0v) is 12.5. The van der Waals surface area contributed by atoms with Crippen molar-refractivity contribution in [2.45, 2.75) is 61.5 Å². The van der Waals surface area contributed by atoms with E-state index in [2.05, 4.69) is 26.0 Å². The van der Waals surface area contributed by atoms with Gasteiger partial charge in [0.2, 0.25) is 0 Å². The van der Waals surface area contributed by atoms with Gasteiger partial charge in [0, 0.05) is 21.3 Å². The molecule has 0 saturated carbocycles. The first-order valence-electron chi connectivity index (χ1n) is 7.22. The topological polar surface area (TPSA) is 37.3 Å². The van der Waals surface area contributed by atoms with Crippen LogP contribution in [0.2, 0.25) is 0 Å². The molecule has 0 aliphatic carbocycles. The molecule has 104 valence electrons. The van der Waals surface area contributed by atoms with E-state index in [1.165, 1.54) is 5.56 Å². The highest BCUT2D eigenvalue weighted by atomic mass is 32.2. The Bertz CT molecular complexity index is 493. The van der Waals surface area contributed by atoms with E-state index >= 15 is 0 Å². The molecule has 3 heteroatoms. The molecule has 2 nitrogen and oxygen atoms in total. The van der Waals surface area contributed by atoms with Crippen LogP contribution in [0.15, 0.2) is 24.3 Å². The molecule has 0 aromatic heterocycles. The summed E-state index contributed by atoms with van der Waals surface area (Å²) in [6, 6.07) is 8.32. The van der Waals surface area contributed by atoms with Gasteiger partial charge in [0.25, 0.3) is 0 Å². The fraction of sp³-hybridized carbons (Fsp3) is 0.625. The normalized spacial score (nSPS) is 37.8. The average Bonchev–Trinajstić information content (AvgIpc) is 2.63. The van der Waals surface area contributed by atoms with Crippen LogP contribution in [-0.2, 0) is 16.4 Å².